The van der Waals surface area contributed by atoms with Gasteiger partial charge in [0.05, 0.1) is 17.7 Å². The van der Waals surface area contributed by atoms with Crippen LogP contribution in [0.4, 0.5) is 0 Å². The number of nitrogens with one attached hydrogen (secondary N) is 3. The maximum atomic E-state index is 12.5. The molecule has 25 heavy (non-hydrogen) atoms. The molecule has 0 aromatic carbocycles. The first-order valence-corrected chi connectivity index (χ1v) is 9.92. The number of amides is 2. The summed E-state index contributed by atoms with van der Waals surface area (Å²) in [4.78, 5) is 44.6. The number of rotatable bonds is 5. The fraction of sp³-hybridized carbons (Fsp3) is 0.500. The van der Waals surface area contributed by atoms with Crippen molar-refractivity contribution in [2.24, 2.45) is 5.92 Å². The maximum Gasteiger partial charge on any atom is 0.260 e. The molecule has 9 heteroatoms. The average Bonchev–Trinajstić information content (AvgIpc) is 2.95. The van der Waals surface area contributed by atoms with E-state index >= 15 is 0 Å². The van der Waals surface area contributed by atoms with Crippen molar-refractivity contribution in [1.29, 1.82) is 0 Å². The van der Waals surface area contributed by atoms with Gasteiger partial charge in [0.1, 0.15) is 4.83 Å². The van der Waals surface area contributed by atoms with E-state index in [0.717, 1.165) is 41.4 Å². The Kier molecular flexibility index (Phi) is 5.43. The number of thioether (sulfide) groups is 1. The van der Waals surface area contributed by atoms with Gasteiger partial charge in [-0.1, -0.05) is 18.7 Å². The van der Waals surface area contributed by atoms with E-state index < -0.39 is 0 Å². The number of likely N-dealkylation sites (N-methyl/N-ethyl adjacent to an activating group) is 1. The molecule has 0 bridgehead atoms. The molecule has 0 aliphatic heterocycles. The summed E-state index contributed by atoms with van der Waals surface area (Å²) < 4.78 is 0. The van der Waals surface area contributed by atoms with Crippen LogP contribution in [0.5, 0.6) is 0 Å². The van der Waals surface area contributed by atoms with E-state index in [1.165, 1.54) is 11.9 Å². The van der Waals surface area contributed by atoms with Crippen molar-refractivity contribution in [3.63, 3.8) is 0 Å². The van der Waals surface area contributed by atoms with Gasteiger partial charge in [-0.15, -0.1) is 11.3 Å². The van der Waals surface area contributed by atoms with Gasteiger partial charge in [-0.05, 0) is 30.7 Å². The summed E-state index contributed by atoms with van der Waals surface area (Å²) >= 11 is 2.74. The Hall–Kier alpha value is -1.87. The molecular formula is C16H20N4O3S2. The van der Waals surface area contributed by atoms with Gasteiger partial charge in [0.2, 0.25) is 11.8 Å². The number of aromatic nitrogens is 2. The van der Waals surface area contributed by atoms with Gasteiger partial charge in [-0.25, -0.2) is 4.98 Å². The Bertz CT molecular complexity index is 874. The summed E-state index contributed by atoms with van der Waals surface area (Å²) in [6.07, 6.45) is 3.02. The van der Waals surface area contributed by atoms with Crippen LogP contribution >= 0.6 is 23.1 Å². The number of H-pyrrole nitrogens is 1. The van der Waals surface area contributed by atoms with Crippen LogP contribution in [-0.2, 0) is 22.4 Å². The lowest BCUT2D eigenvalue weighted by Gasteiger charge is -2.17. The van der Waals surface area contributed by atoms with Crippen LogP contribution in [-0.4, -0.2) is 41.1 Å². The number of aromatic amines is 1. The summed E-state index contributed by atoms with van der Waals surface area (Å²) in [5.74, 6) is 0.186. The molecule has 0 unspecified atom stereocenters. The minimum Gasteiger partial charge on any atom is -0.358 e. The van der Waals surface area contributed by atoms with Gasteiger partial charge in [0, 0.05) is 11.9 Å². The van der Waals surface area contributed by atoms with Crippen LogP contribution < -0.4 is 16.2 Å². The second-order valence-electron chi connectivity index (χ2n) is 6.14. The molecule has 1 aliphatic carbocycles. The number of hydrogen-bond donors (Lipinski definition) is 3. The molecule has 0 spiro atoms. The highest BCUT2D eigenvalue weighted by Crippen LogP contribution is 2.36. The average molecular weight is 380 g/mol. The number of carbonyl (C=O) groups excluding carboxylic acids is 2. The number of hydrogen-bond acceptors (Lipinski definition) is 6. The second kappa shape index (κ2) is 7.57. The fourth-order valence-corrected chi connectivity index (χ4v) is 4.98. The van der Waals surface area contributed by atoms with Crippen LogP contribution in [0.3, 0.4) is 0 Å². The number of thiophene rings is 1. The predicted octanol–water partition coefficient (Wildman–Crippen LogP) is 1.06. The number of nitrogens with zero attached hydrogens (tertiary/aromatic N) is 1. The zero-order chi connectivity index (χ0) is 18.0. The standard InChI is InChI=1S/C16H20N4O3S2/c1-8-3-4-9-10(5-8)25-15-13(9)14(23)19-16(20-15)24-7-12(22)18-6-11(21)17-2/h8H,3-7H2,1-2H3,(H,17,21)(H,18,22)(H,19,20,23)/t8-/m0/s1. The Balaban J connectivity index is 1.72. The minimum atomic E-state index is -0.282. The summed E-state index contributed by atoms with van der Waals surface area (Å²) in [5.41, 5.74) is 1.01. The lowest BCUT2D eigenvalue weighted by molar-refractivity contribution is -0.124. The zero-order valence-corrected chi connectivity index (χ0v) is 15.7. The predicted molar refractivity (Wildman–Crippen MR) is 99.2 cm³/mol. The minimum absolute atomic E-state index is 0.0608. The molecule has 134 valence electrons. The smallest absolute Gasteiger partial charge is 0.260 e. The highest BCUT2D eigenvalue weighted by atomic mass is 32.2. The number of aryl methyl sites for hydroxylation is 1. The zero-order valence-electron chi connectivity index (χ0n) is 14.1. The van der Waals surface area contributed by atoms with Gasteiger partial charge in [0.25, 0.3) is 5.56 Å². The summed E-state index contributed by atoms with van der Waals surface area (Å²) in [5, 5.41) is 6.08. The molecule has 1 aliphatic rings. The number of carbonyl (C=O) groups is 2. The molecule has 2 aromatic rings. The summed E-state index contributed by atoms with van der Waals surface area (Å²) in [7, 11) is 1.51. The Morgan fingerprint density at radius 2 is 2.20 bits per heavy atom. The molecule has 1 atom stereocenters. The van der Waals surface area contributed by atoms with Gasteiger partial charge in [-0.2, -0.15) is 0 Å². The molecule has 2 amide bonds. The third kappa shape index (κ3) is 4.04. The first-order valence-electron chi connectivity index (χ1n) is 8.12. The lowest BCUT2D eigenvalue weighted by Crippen LogP contribution is -2.36. The summed E-state index contributed by atoms with van der Waals surface area (Å²) in [6.45, 7) is 2.17. The Morgan fingerprint density at radius 3 is 2.96 bits per heavy atom. The van der Waals surface area contributed by atoms with Crippen LogP contribution in [0.15, 0.2) is 9.95 Å². The quantitative estimate of drug-likeness (QED) is 0.532. The molecule has 3 N–H and O–H groups in total. The normalized spacial score (nSPS) is 16.5. The van der Waals surface area contributed by atoms with E-state index in [1.54, 1.807) is 11.3 Å². The third-order valence-electron chi connectivity index (χ3n) is 4.21. The highest BCUT2D eigenvalue weighted by molar-refractivity contribution is 7.99. The van der Waals surface area contributed by atoms with E-state index in [1.807, 2.05) is 0 Å². The molecular weight excluding hydrogens is 360 g/mol. The first kappa shape index (κ1) is 17.9. The van der Waals surface area contributed by atoms with Crippen molar-refractivity contribution in [3.05, 3.63) is 20.8 Å². The van der Waals surface area contributed by atoms with Crippen LogP contribution in [0, 0.1) is 5.92 Å². The monoisotopic (exact) mass is 380 g/mol. The molecule has 0 saturated carbocycles. The van der Waals surface area contributed by atoms with E-state index in [9.17, 15) is 14.4 Å². The van der Waals surface area contributed by atoms with Crippen molar-refractivity contribution in [2.75, 3.05) is 19.3 Å². The van der Waals surface area contributed by atoms with Gasteiger partial charge >= 0.3 is 0 Å². The van der Waals surface area contributed by atoms with Crippen molar-refractivity contribution in [1.82, 2.24) is 20.6 Å². The van der Waals surface area contributed by atoms with Crippen molar-refractivity contribution >= 4 is 45.1 Å². The maximum absolute atomic E-state index is 12.5. The SMILES string of the molecule is CNC(=O)CNC(=O)CSc1nc2sc3c(c2c(=O)[nH]1)CC[C@H](C)C3. The number of fused-ring (bicyclic) bond motifs is 3. The molecule has 0 radical (unpaired) electrons. The highest BCUT2D eigenvalue weighted by Gasteiger charge is 2.23. The van der Waals surface area contributed by atoms with E-state index in [4.69, 9.17) is 0 Å². The fourth-order valence-electron chi connectivity index (χ4n) is 2.85. The summed E-state index contributed by atoms with van der Waals surface area (Å²) in [6, 6.07) is 0. The second-order valence-corrected chi connectivity index (χ2v) is 8.19. The van der Waals surface area contributed by atoms with Crippen molar-refractivity contribution < 1.29 is 9.59 Å². The first-order chi connectivity index (χ1) is 12.0. The molecule has 2 heterocycles. The van der Waals surface area contributed by atoms with Crippen molar-refractivity contribution in [2.45, 2.75) is 31.3 Å². The van der Waals surface area contributed by atoms with Crippen LogP contribution in [0.2, 0.25) is 0 Å². The van der Waals surface area contributed by atoms with Gasteiger partial charge in [-0.3, -0.25) is 14.4 Å². The third-order valence-corrected chi connectivity index (χ3v) is 6.23. The Labute approximate surface area is 153 Å². The molecule has 7 nitrogen and oxygen atoms in total. The van der Waals surface area contributed by atoms with E-state index in [-0.39, 0.29) is 29.7 Å². The largest absolute Gasteiger partial charge is 0.358 e. The van der Waals surface area contributed by atoms with Gasteiger partial charge < -0.3 is 15.6 Å². The molecule has 0 saturated heterocycles. The molecule has 0 fully saturated rings. The van der Waals surface area contributed by atoms with Gasteiger partial charge in [0.15, 0.2) is 5.16 Å². The molecule has 3 rings (SSSR count). The topological polar surface area (TPSA) is 104 Å². The van der Waals surface area contributed by atoms with Crippen molar-refractivity contribution in [3.8, 4) is 0 Å². The lowest BCUT2D eigenvalue weighted by atomic mass is 9.89. The van der Waals surface area contributed by atoms with E-state index in [2.05, 4.69) is 27.5 Å². The van der Waals surface area contributed by atoms with Crippen LogP contribution in [0.25, 0.3) is 10.2 Å². The molecule has 2 aromatic heterocycles. The Morgan fingerprint density at radius 1 is 1.40 bits per heavy atom. The van der Waals surface area contributed by atoms with Crippen LogP contribution in [0.1, 0.15) is 23.8 Å². The van der Waals surface area contributed by atoms with E-state index in [0.29, 0.717) is 16.5 Å².